The van der Waals surface area contributed by atoms with Gasteiger partial charge in [0.1, 0.15) is 0 Å². The normalized spacial score (nSPS) is 14.7. The van der Waals surface area contributed by atoms with Crippen molar-refractivity contribution in [3.63, 3.8) is 0 Å². The zero-order chi connectivity index (χ0) is 19.2. The highest BCUT2D eigenvalue weighted by atomic mass is 16.5. The predicted octanol–water partition coefficient (Wildman–Crippen LogP) is 2.77. The molecule has 1 fully saturated rings. The van der Waals surface area contributed by atoms with Crippen molar-refractivity contribution in [3.8, 4) is 11.5 Å². The minimum Gasteiger partial charge on any atom is -0.493 e. The van der Waals surface area contributed by atoms with E-state index in [0.29, 0.717) is 23.7 Å². The molecular weight excluding hydrogens is 342 g/mol. The number of carbonyl (C=O) groups excluding carboxylic acids is 1. The summed E-state index contributed by atoms with van der Waals surface area (Å²) in [5, 5.41) is 2.94. The molecule has 6 nitrogen and oxygen atoms in total. The lowest BCUT2D eigenvalue weighted by molar-refractivity contribution is -0.117. The first-order chi connectivity index (χ1) is 13.1. The third kappa shape index (κ3) is 4.92. The fraction of sp³-hybridized carbons (Fsp3) is 0.381. The summed E-state index contributed by atoms with van der Waals surface area (Å²) in [6, 6.07) is 13.9. The van der Waals surface area contributed by atoms with E-state index in [1.165, 1.54) is 11.3 Å². The summed E-state index contributed by atoms with van der Waals surface area (Å²) in [4.78, 5) is 16.9. The van der Waals surface area contributed by atoms with Crippen molar-refractivity contribution in [1.29, 1.82) is 0 Å². The quantitative estimate of drug-likeness (QED) is 0.849. The van der Waals surface area contributed by atoms with Crippen LogP contribution in [0, 0.1) is 6.92 Å². The van der Waals surface area contributed by atoms with Crippen LogP contribution in [0.5, 0.6) is 11.5 Å². The second-order valence-electron chi connectivity index (χ2n) is 6.72. The van der Waals surface area contributed by atoms with Gasteiger partial charge in [-0.15, -0.1) is 0 Å². The maximum absolute atomic E-state index is 12.4. The summed E-state index contributed by atoms with van der Waals surface area (Å²) in [7, 11) is 3.17. The fourth-order valence-electron chi connectivity index (χ4n) is 3.31. The molecule has 0 saturated carbocycles. The monoisotopic (exact) mass is 369 g/mol. The Balaban J connectivity index is 1.51. The minimum absolute atomic E-state index is 0.0220. The Morgan fingerprint density at radius 2 is 1.74 bits per heavy atom. The summed E-state index contributed by atoms with van der Waals surface area (Å²) in [6.45, 7) is 6.08. The van der Waals surface area contributed by atoms with Gasteiger partial charge in [-0.2, -0.15) is 0 Å². The Bertz CT molecular complexity index is 786. The number of benzene rings is 2. The van der Waals surface area contributed by atoms with E-state index in [2.05, 4.69) is 46.3 Å². The zero-order valence-corrected chi connectivity index (χ0v) is 16.2. The summed E-state index contributed by atoms with van der Waals surface area (Å²) >= 11 is 0. The largest absolute Gasteiger partial charge is 0.493 e. The molecule has 0 spiro atoms. The first-order valence-electron chi connectivity index (χ1n) is 9.15. The average Bonchev–Trinajstić information content (AvgIpc) is 2.68. The molecule has 0 aromatic heterocycles. The molecule has 2 aromatic rings. The average molecular weight is 369 g/mol. The number of hydrogen-bond donors (Lipinski definition) is 1. The van der Waals surface area contributed by atoms with E-state index < -0.39 is 0 Å². The number of anilines is 2. The summed E-state index contributed by atoms with van der Waals surface area (Å²) in [6.07, 6.45) is 0. The molecule has 144 valence electrons. The Morgan fingerprint density at radius 1 is 1.00 bits per heavy atom. The van der Waals surface area contributed by atoms with Crippen molar-refractivity contribution in [1.82, 2.24) is 4.90 Å². The van der Waals surface area contributed by atoms with E-state index >= 15 is 0 Å². The SMILES string of the molecule is COc1ccc(NC(=O)CN2CCN(c3cccc(C)c3)CC2)cc1OC. The predicted molar refractivity (Wildman–Crippen MR) is 108 cm³/mol. The van der Waals surface area contributed by atoms with Gasteiger partial charge in [0.05, 0.1) is 20.8 Å². The maximum Gasteiger partial charge on any atom is 0.238 e. The molecule has 0 aliphatic carbocycles. The maximum atomic E-state index is 12.4. The number of aryl methyl sites for hydroxylation is 1. The van der Waals surface area contributed by atoms with Gasteiger partial charge in [0.25, 0.3) is 0 Å². The number of amides is 1. The molecular formula is C21H27N3O3. The highest BCUT2D eigenvalue weighted by molar-refractivity contribution is 5.92. The number of ether oxygens (including phenoxy) is 2. The Morgan fingerprint density at radius 3 is 2.41 bits per heavy atom. The summed E-state index contributed by atoms with van der Waals surface area (Å²) in [5.74, 6) is 1.22. The highest BCUT2D eigenvalue weighted by Crippen LogP contribution is 2.29. The van der Waals surface area contributed by atoms with Crippen LogP contribution < -0.4 is 19.7 Å². The smallest absolute Gasteiger partial charge is 0.238 e. The molecule has 1 heterocycles. The molecule has 6 heteroatoms. The number of rotatable bonds is 6. The van der Waals surface area contributed by atoms with E-state index in [1.54, 1.807) is 26.4 Å². The topological polar surface area (TPSA) is 54.0 Å². The Kier molecular flexibility index (Phi) is 6.19. The molecule has 1 amide bonds. The molecule has 0 unspecified atom stereocenters. The van der Waals surface area contributed by atoms with Gasteiger partial charge >= 0.3 is 0 Å². The number of piperazine rings is 1. The van der Waals surface area contributed by atoms with Crippen molar-refractivity contribution in [2.75, 3.05) is 57.2 Å². The van der Waals surface area contributed by atoms with Gasteiger partial charge in [0, 0.05) is 43.6 Å². The van der Waals surface area contributed by atoms with Crippen molar-refractivity contribution in [2.24, 2.45) is 0 Å². The van der Waals surface area contributed by atoms with Crippen LogP contribution in [-0.4, -0.2) is 57.8 Å². The van der Waals surface area contributed by atoms with Crippen LogP contribution in [0.2, 0.25) is 0 Å². The van der Waals surface area contributed by atoms with Crippen molar-refractivity contribution in [2.45, 2.75) is 6.92 Å². The second-order valence-corrected chi connectivity index (χ2v) is 6.72. The molecule has 0 bridgehead atoms. The molecule has 0 atom stereocenters. The first kappa shape index (κ1) is 19.0. The molecule has 1 N–H and O–H groups in total. The van der Waals surface area contributed by atoms with Crippen molar-refractivity contribution >= 4 is 17.3 Å². The van der Waals surface area contributed by atoms with Gasteiger partial charge in [-0.05, 0) is 36.8 Å². The van der Waals surface area contributed by atoms with Crippen molar-refractivity contribution in [3.05, 3.63) is 48.0 Å². The molecule has 1 aliphatic rings. The number of hydrogen-bond acceptors (Lipinski definition) is 5. The minimum atomic E-state index is -0.0220. The molecule has 1 saturated heterocycles. The van der Waals surface area contributed by atoms with Crippen LogP contribution in [0.4, 0.5) is 11.4 Å². The van der Waals surface area contributed by atoms with E-state index in [9.17, 15) is 4.79 Å². The number of nitrogens with one attached hydrogen (secondary N) is 1. The van der Waals surface area contributed by atoms with Crippen LogP contribution in [0.3, 0.4) is 0 Å². The lowest BCUT2D eigenvalue weighted by Crippen LogP contribution is -2.48. The van der Waals surface area contributed by atoms with Gasteiger partial charge in [-0.1, -0.05) is 12.1 Å². The molecule has 1 aliphatic heterocycles. The van der Waals surface area contributed by atoms with Crippen LogP contribution in [0.1, 0.15) is 5.56 Å². The van der Waals surface area contributed by atoms with Crippen LogP contribution in [0.25, 0.3) is 0 Å². The van der Waals surface area contributed by atoms with Crippen LogP contribution in [0.15, 0.2) is 42.5 Å². The van der Waals surface area contributed by atoms with E-state index in [-0.39, 0.29) is 5.91 Å². The first-order valence-corrected chi connectivity index (χ1v) is 9.15. The molecule has 3 rings (SSSR count). The van der Waals surface area contributed by atoms with Crippen molar-refractivity contribution < 1.29 is 14.3 Å². The summed E-state index contributed by atoms with van der Waals surface area (Å²) < 4.78 is 10.5. The highest BCUT2D eigenvalue weighted by Gasteiger charge is 2.19. The lowest BCUT2D eigenvalue weighted by atomic mass is 10.2. The molecule has 0 radical (unpaired) electrons. The zero-order valence-electron chi connectivity index (χ0n) is 16.2. The fourth-order valence-corrected chi connectivity index (χ4v) is 3.31. The summed E-state index contributed by atoms with van der Waals surface area (Å²) in [5.41, 5.74) is 3.23. The lowest BCUT2D eigenvalue weighted by Gasteiger charge is -2.35. The number of methoxy groups -OCH3 is 2. The van der Waals surface area contributed by atoms with Gasteiger partial charge < -0.3 is 19.7 Å². The third-order valence-corrected chi connectivity index (χ3v) is 4.77. The van der Waals surface area contributed by atoms with Crippen LogP contribution in [-0.2, 0) is 4.79 Å². The molecule has 27 heavy (non-hydrogen) atoms. The Labute approximate surface area is 160 Å². The van der Waals surface area contributed by atoms with E-state index in [1.807, 2.05) is 6.07 Å². The van der Waals surface area contributed by atoms with Gasteiger partial charge in [-0.3, -0.25) is 9.69 Å². The Hall–Kier alpha value is -2.73. The van der Waals surface area contributed by atoms with E-state index in [4.69, 9.17) is 9.47 Å². The third-order valence-electron chi connectivity index (χ3n) is 4.77. The van der Waals surface area contributed by atoms with Crippen LogP contribution >= 0.6 is 0 Å². The van der Waals surface area contributed by atoms with E-state index in [0.717, 1.165) is 26.2 Å². The number of carbonyl (C=O) groups is 1. The van der Waals surface area contributed by atoms with Gasteiger partial charge in [0.15, 0.2) is 11.5 Å². The van der Waals surface area contributed by atoms with Gasteiger partial charge in [-0.25, -0.2) is 0 Å². The molecule has 2 aromatic carbocycles. The second kappa shape index (κ2) is 8.77. The van der Waals surface area contributed by atoms with Gasteiger partial charge in [0.2, 0.25) is 5.91 Å². The number of nitrogens with zero attached hydrogens (tertiary/aromatic N) is 2. The standard InChI is InChI=1S/C21H27N3O3/c1-16-5-4-6-18(13-16)24-11-9-23(10-12-24)15-21(25)22-17-7-8-19(26-2)20(14-17)27-3/h4-8,13-14H,9-12,15H2,1-3H3,(H,22,25).